The number of hydrogen-bond acceptors (Lipinski definition) is 2. The standard InChI is InChI=1S/C12H21NO3/c1-5-6-9(2)11(16)13-12(3,4)8-7-10(14)15/h6H,5,7-8H2,1-4H3,(H,13,16)(H,14,15)/b9-6-. The number of carboxylic acids is 1. The van der Waals surface area contributed by atoms with Gasteiger partial charge >= 0.3 is 5.97 Å². The van der Waals surface area contributed by atoms with Gasteiger partial charge in [-0.2, -0.15) is 0 Å². The van der Waals surface area contributed by atoms with Crippen LogP contribution in [0, 0.1) is 0 Å². The summed E-state index contributed by atoms with van der Waals surface area (Å²) in [6.07, 6.45) is 3.15. The maximum Gasteiger partial charge on any atom is 0.303 e. The lowest BCUT2D eigenvalue weighted by molar-refractivity contribution is -0.137. The molecule has 0 rings (SSSR count). The van der Waals surface area contributed by atoms with Crippen molar-refractivity contribution in [1.82, 2.24) is 5.32 Å². The fourth-order valence-corrected chi connectivity index (χ4v) is 1.29. The predicted octanol–water partition coefficient (Wildman–Crippen LogP) is 2.10. The van der Waals surface area contributed by atoms with Crippen LogP contribution >= 0.6 is 0 Å². The summed E-state index contributed by atoms with van der Waals surface area (Å²) in [5.74, 6) is -0.972. The van der Waals surface area contributed by atoms with E-state index in [9.17, 15) is 9.59 Å². The molecule has 0 heterocycles. The van der Waals surface area contributed by atoms with Gasteiger partial charge in [-0.15, -0.1) is 0 Å². The molecule has 0 unspecified atom stereocenters. The molecule has 0 aliphatic carbocycles. The Morgan fingerprint density at radius 3 is 2.38 bits per heavy atom. The van der Waals surface area contributed by atoms with Gasteiger partial charge < -0.3 is 10.4 Å². The van der Waals surface area contributed by atoms with E-state index in [1.807, 2.05) is 26.8 Å². The number of amides is 1. The van der Waals surface area contributed by atoms with Crippen LogP contribution in [0.4, 0.5) is 0 Å². The molecular formula is C12H21NO3. The van der Waals surface area contributed by atoms with Crippen molar-refractivity contribution in [1.29, 1.82) is 0 Å². The second-order valence-electron chi connectivity index (χ2n) is 4.53. The average molecular weight is 227 g/mol. The molecule has 0 saturated carbocycles. The van der Waals surface area contributed by atoms with Crippen LogP contribution in [0.2, 0.25) is 0 Å². The van der Waals surface area contributed by atoms with E-state index in [0.717, 1.165) is 6.42 Å². The van der Waals surface area contributed by atoms with Crippen molar-refractivity contribution in [2.24, 2.45) is 0 Å². The molecule has 0 aromatic heterocycles. The highest BCUT2D eigenvalue weighted by Crippen LogP contribution is 2.12. The van der Waals surface area contributed by atoms with Crippen LogP contribution in [0.15, 0.2) is 11.6 Å². The number of carbonyl (C=O) groups excluding carboxylic acids is 1. The Morgan fingerprint density at radius 1 is 1.38 bits per heavy atom. The van der Waals surface area contributed by atoms with Crippen LogP contribution in [0.3, 0.4) is 0 Å². The molecule has 92 valence electrons. The highest BCUT2D eigenvalue weighted by molar-refractivity contribution is 5.93. The van der Waals surface area contributed by atoms with Gasteiger partial charge in [-0.05, 0) is 33.6 Å². The van der Waals surface area contributed by atoms with E-state index in [2.05, 4.69) is 5.32 Å². The second kappa shape index (κ2) is 6.30. The number of rotatable bonds is 6. The van der Waals surface area contributed by atoms with E-state index in [4.69, 9.17) is 5.11 Å². The van der Waals surface area contributed by atoms with Crippen LogP contribution in [-0.4, -0.2) is 22.5 Å². The predicted molar refractivity (Wildman–Crippen MR) is 63.1 cm³/mol. The Balaban J connectivity index is 4.30. The zero-order chi connectivity index (χ0) is 12.8. The molecule has 4 nitrogen and oxygen atoms in total. The lowest BCUT2D eigenvalue weighted by Gasteiger charge is -2.25. The van der Waals surface area contributed by atoms with Crippen molar-refractivity contribution in [2.45, 2.75) is 52.5 Å². The summed E-state index contributed by atoms with van der Waals surface area (Å²) < 4.78 is 0. The van der Waals surface area contributed by atoms with E-state index in [1.54, 1.807) is 6.92 Å². The first-order chi connectivity index (χ1) is 7.28. The Bertz CT molecular complexity index is 293. The maximum absolute atomic E-state index is 11.7. The van der Waals surface area contributed by atoms with Crippen LogP contribution < -0.4 is 5.32 Å². The van der Waals surface area contributed by atoms with Gasteiger partial charge in [-0.25, -0.2) is 0 Å². The Hall–Kier alpha value is -1.32. The second-order valence-corrected chi connectivity index (χ2v) is 4.53. The van der Waals surface area contributed by atoms with Crippen LogP contribution in [0.1, 0.15) is 47.0 Å². The van der Waals surface area contributed by atoms with E-state index >= 15 is 0 Å². The molecule has 0 atom stereocenters. The first-order valence-corrected chi connectivity index (χ1v) is 5.49. The van der Waals surface area contributed by atoms with Gasteiger partial charge in [0.05, 0.1) is 0 Å². The normalized spacial score (nSPS) is 12.4. The van der Waals surface area contributed by atoms with Gasteiger partial charge in [0.1, 0.15) is 0 Å². The van der Waals surface area contributed by atoms with Gasteiger partial charge in [0.15, 0.2) is 0 Å². The molecule has 0 aromatic rings. The molecule has 2 N–H and O–H groups in total. The minimum Gasteiger partial charge on any atom is -0.481 e. The molecule has 4 heteroatoms. The zero-order valence-electron chi connectivity index (χ0n) is 10.5. The molecule has 0 radical (unpaired) electrons. The minimum atomic E-state index is -0.844. The molecule has 16 heavy (non-hydrogen) atoms. The first-order valence-electron chi connectivity index (χ1n) is 5.49. The summed E-state index contributed by atoms with van der Waals surface area (Å²) in [6, 6.07) is 0. The van der Waals surface area contributed by atoms with Crippen molar-refractivity contribution >= 4 is 11.9 Å². The number of aliphatic carboxylic acids is 1. The first kappa shape index (κ1) is 14.7. The highest BCUT2D eigenvalue weighted by atomic mass is 16.4. The molecule has 0 saturated heterocycles. The summed E-state index contributed by atoms with van der Waals surface area (Å²) in [6.45, 7) is 7.37. The van der Waals surface area contributed by atoms with Crippen LogP contribution in [-0.2, 0) is 9.59 Å². The van der Waals surface area contributed by atoms with Gasteiger partial charge in [-0.1, -0.05) is 13.0 Å². The van der Waals surface area contributed by atoms with Gasteiger partial charge in [-0.3, -0.25) is 9.59 Å². The molecule has 0 fully saturated rings. The number of carbonyl (C=O) groups is 2. The monoisotopic (exact) mass is 227 g/mol. The lowest BCUT2D eigenvalue weighted by atomic mass is 9.98. The Labute approximate surface area is 96.7 Å². The fraction of sp³-hybridized carbons (Fsp3) is 0.667. The van der Waals surface area contributed by atoms with Crippen LogP contribution in [0.25, 0.3) is 0 Å². The lowest BCUT2D eigenvalue weighted by Crippen LogP contribution is -2.44. The van der Waals surface area contributed by atoms with Crippen molar-refractivity contribution in [3.05, 3.63) is 11.6 Å². The fourth-order valence-electron chi connectivity index (χ4n) is 1.29. The minimum absolute atomic E-state index is 0.0593. The van der Waals surface area contributed by atoms with Crippen LogP contribution in [0.5, 0.6) is 0 Å². The molecule has 0 spiro atoms. The molecule has 0 bridgehead atoms. The number of nitrogens with one attached hydrogen (secondary N) is 1. The van der Waals surface area contributed by atoms with E-state index in [0.29, 0.717) is 12.0 Å². The van der Waals surface area contributed by atoms with Gasteiger partial charge in [0, 0.05) is 17.5 Å². The third-order valence-electron chi connectivity index (χ3n) is 2.28. The van der Waals surface area contributed by atoms with Crippen molar-refractivity contribution < 1.29 is 14.7 Å². The maximum atomic E-state index is 11.7. The van der Waals surface area contributed by atoms with E-state index in [1.165, 1.54) is 0 Å². The topological polar surface area (TPSA) is 66.4 Å². The zero-order valence-corrected chi connectivity index (χ0v) is 10.5. The van der Waals surface area contributed by atoms with Crippen molar-refractivity contribution in [3.8, 4) is 0 Å². The molecule has 0 aliphatic rings. The van der Waals surface area contributed by atoms with Crippen molar-refractivity contribution in [3.63, 3.8) is 0 Å². The van der Waals surface area contributed by atoms with Gasteiger partial charge in [0.2, 0.25) is 5.91 Å². The largest absolute Gasteiger partial charge is 0.481 e. The van der Waals surface area contributed by atoms with E-state index in [-0.39, 0.29) is 12.3 Å². The third kappa shape index (κ3) is 6.22. The quantitative estimate of drug-likeness (QED) is 0.683. The average Bonchev–Trinajstić information content (AvgIpc) is 2.14. The summed E-state index contributed by atoms with van der Waals surface area (Å²) in [7, 11) is 0. The van der Waals surface area contributed by atoms with Crippen molar-refractivity contribution in [2.75, 3.05) is 0 Å². The third-order valence-corrected chi connectivity index (χ3v) is 2.28. The Morgan fingerprint density at radius 2 is 1.94 bits per heavy atom. The molecule has 0 aromatic carbocycles. The number of hydrogen-bond donors (Lipinski definition) is 2. The summed E-state index contributed by atoms with van der Waals surface area (Å²) in [5.41, 5.74) is 0.184. The number of carboxylic acid groups (broad SMARTS) is 1. The van der Waals surface area contributed by atoms with Gasteiger partial charge in [0.25, 0.3) is 0 Å². The summed E-state index contributed by atoms with van der Waals surface area (Å²) in [4.78, 5) is 22.1. The molecule has 1 amide bonds. The highest BCUT2D eigenvalue weighted by Gasteiger charge is 2.21. The summed E-state index contributed by atoms with van der Waals surface area (Å²) in [5, 5.41) is 11.4. The smallest absolute Gasteiger partial charge is 0.303 e. The number of allylic oxidation sites excluding steroid dienone is 1. The Kier molecular flexibility index (Phi) is 5.78. The molecule has 0 aliphatic heterocycles. The SMILES string of the molecule is CC/C=C(/C)C(=O)NC(C)(C)CCC(=O)O. The van der Waals surface area contributed by atoms with E-state index < -0.39 is 11.5 Å². The summed E-state index contributed by atoms with van der Waals surface area (Å²) >= 11 is 0. The molecular weight excluding hydrogens is 206 g/mol.